The Morgan fingerprint density at radius 1 is 1.42 bits per heavy atom. The van der Waals surface area contributed by atoms with Gasteiger partial charge in [0.05, 0.1) is 5.69 Å². The molecule has 0 aromatic heterocycles. The first-order valence-electron chi connectivity index (χ1n) is 2.94. The van der Waals surface area contributed by atoms with Gasteiger partial charge < -0.3 is 5.73 Å². The summed E-state index contributed by atoms with van der Waals surface area (Å²) in [4.78, 5) is -0.609. The van der Waals surface area contributed by atoms with Gasteiger partial charge in [0.25, 0.3) is 10.1 Å². The van der Waals surface area contributed by atoms with E-state index in [1.54, 1.807) is 0 Å². The summed E-state index contributed by atoms with van der Waals surface area (Å²) in [6.07, 6.45) is 0. The predicted molar refractivity (Wildman–Crippen MR) is 40.6 cm³/mol. The topological polar surface area (TPSA) is 80.4 Å². The lowest BCUT2D eigenvalue weighted by atomic mass is 10.3. The third-order valence-electron chi connectivity index (χ3n) is 1.25. The first-order chi connectivity index (χ1) is 5.41. The maximum atomic E-state index is 12.4. The molecule has 0 radical (unpaired) electrons. The number of halogens is 1. The Morgan fingerprint density at radius 3 is 2.42 bits per heavy atom. The van der Waals surface area contributed by atoms with E-state index in [-0.39, 0.29) is 5.69 Å². The highest BCUT2D eigenvalue weighted by Gasteiger charge is 2.13. The number of benzene rings is 1. The molecule has 1 aromatic rings. The summed E-state index contributed by atoms with van der Waals surface area (Å²) in [6.45, 7) is 0. The van der Waals surface area contributed by atoms with Crippen LogP contribution in [0, 0.1) is 5.82 Å². The molecule has 0 saturated carbocycles. The summed E-state index contributed by atoms with van der Waals surface area (Å²) in [5.41, 5.74) is 4.99. The summed E-state index contributed by atoms with van der Waals surface area (Å²) >= 11 is 0. The van der Waals surface area contributed by atoms with E-state index >= 15 is 0 Å². The van der Waals surface area contributed by atoms with Crippen molar-refractivity contribution < 1.29 is 17.4 Å². The van der Waals surface area contributed by atoms with E-state index in [4.69, 9.17) is 10.3 Å². The fourth-order valence-corrected chi connectivity index (χ4v) is 1.36. The Labute approximate surface area is 68.6 Å². The number of hydrogen-bond donors (Lipinski definition) is 2. The zero-order valence-electron chi connectivity index (χ0n) is 5.86. The normalized spacial score (nSPS) is 11.5. The smallest absolute Gasteiger partial charge is 0.296 e. The summed E-state index contributed by atoms with van der Waals surface area (Å²) in [7, 11) is -4.42. The Balaban J connectivity index is 3.43. The van der Waals surface area contributed by atoms with Crippen molar-refractivity contribution in [2.75, 3.05) is 5.73 Å². The van der Waals surface area contributed by atoms with Crippen LogP contribution in [0.5, 0.6) is 0 Å². The number of nitrogen functional groups attached to an aromatic ring is 1. The lowest BCUT2D eigenvalue weighted by Crippen LogP contribution is -2.03. The van der Waals surface area contributed by atoms with Crippen LogP contribution in [0.4, 0.5) is 10.1 Å². The van der Waals surface area contributed by atoms with E-state index in [0.29, 0.717) is 6.07 Å². The van der Waals surface area contributed by atoms with Crippen LogP contribution in [0.25, 0.3) is 0 Å². The highest BCUT2D eigenvalue weighted by Crippen LogP contribution is 2.18. The van der Waals surface area contributed by atoms with Crippen LogP contribution in [-0.2, 0) is 10.1 Å². The molecule has 12 heavy (non-hydrogen) atoms. The second-order valence-corrected chi connectivity index (χ2v) is 3.55. The Bertz CT molecular complexity index is 401. The number of anilines is 1. The van der Waals surface area contributed by atoms with Crippen LogP contribution in [0.1, 0.15) is 0 Å². The van der Waals surface area contributed by atoms with Crippen molar-refractivity contribution in [1.82, 2.24) is 0 Å². The van der Waals surface area contributed by atoms with Gasteiger partial charge in [-0.15, -0.1) is 0 Å². The van der Waals surface area contributed by atoms with E-state index in [1.165, 1.54) is 0 Å². The molecule has 66 valence electrons. The largest absolute Gasteiger partial charge is 0.398 e. The SMILES string of the molecule is Nc1ccc(F)cc1S(=O)(=O)O. The standard InChI is InChI=1S/C6H6FNO3S/c7-4-1-2-5(8)6(3-4)12(9,10)11/h1-3H,8H2,(H,9,10,11). The van der Waals surface area contributed by atoms with Gasteiger partial charge in [0.15, 0.2) is 0 Å². The molecule has 0 heterocycles. The average molecular weight is 191 g/mol. The fraction of sp³-hybridized carbons (Fsp3) is 0. The van der Waals surface area contributed by atoms with Crippen LogP contribution in [0.15, 0.2) is 23.1 Å². The lowest BCUT2D eigenvalue weighted by Gasteiger charge is -2.00. The summed E-state index contributed by atoms with van der Waals surface area (Å²) in [5, 5.41) is 0. The summed E-state index contributed by atoms with van der Waals surface area (Å²) in [5.74, 6) is -0.767. The van der Waals surface area contributed by atoms with Crippen molar-refractivity contribution in [3.05, 3.63) is 24.0 Å². The van der Waals surface area contributed by atoms with Crippen LogP contribution in [0.2, 0.25) is 0 Å². The van der Waals surface area contributed by atoms with Gasteiger partial charge in [-0.05, 0) is 18.2 Å². The molecule has 0 amide bonds. The van der Waals surface area contributed by atoms with Gasteiger partial charge in [0, 0.05) is 0 Å². The van der Waals surface area contributed by atoms with Gasteiger partial charge in [0.2, 0.25) is 0 Å². The minimum Gasteiger partial charge on any atom is -0.398 e. The number of nitrogens with two attached hydrogens (primary N) is 1. The van der Waals surface area contributed by atoms with Gasteiger partial charge in [-0.3, -0.25) is 4.55 Å². The molecule has 3 N–H and O–H groups in total. The molecule has 0 bridgehead atoms. The summed E-state index contributed by atoms with van der Waals surface area (Å²) in [6, 6.07) is 2.73. The Hall–Kier alpha value is -1.14. The van der Waals surface area contributed by atoms with Gasteiger partial charge in [-0.25, -0.2) is 4.39 Å². The highest BCUT2D eigenvalue weighted by atomic mass is 32.2. The Kier molecular flexibility index (Phi) is 2.03. The summed E-state index contributed by atoms with van der Waals surface area (Å²) < 4.78 is 42.0. The molecule has 0 aliphatic heterocycles. The number of rotatable bonds is 1. The first kappa shape index (κ1) is 8.95. The Morgan fingerprint density at radius 2 is 2.00 bits per heavy atom. The van der Waals surface area contributed by atoms with Crippen LogP contribution >= 0.6 is 0 Å². The third-order valence-corrected chi connectivity index (χ3v) is 2.16. The van der Waals surface area contributed by atoms with E-state index in [0.717, 1.165) is 12.1 Å². The van der Waals surface area contributed by atoms with Gasteiger partial charge in [0.1, 0.15) is 10.7 Å². The van der Waals surface area contributed by atoms with Gasteiger partial charge in [-0.1, -0.05) is 0 Å². The van der Waals surface area contributed by atoms with Gasteiger partial charge >= 0.3 is 0 Å². The average Bonchev–Trinajstić information content (AvgIpc) is 1.92. The molecule has 0 aliphatic rings. The predicted octanol–water partition coefficient (Wildman–Crippen LogP) is 0.655. The molecule has 0 aliphatic carbocycles. The van der Waals surface area contributed by atoms with Crippen molar-refractivity contribution in [2.24, 2.45) is 0 Å². The molecule has 0 unspecified atom stereocenters. The molecule has 0 spiro atoms. The van der Waals surface area contributed by atoms with Crippen molar-refractivity contribution in [3.8, 4) is 0 Å². The van der Waals surface area contributed by atoms with Crippen molar-refractivity contribution in [3.63, 3.8) is 0 Å². The van der Waals surface area contributed by atoms with E-state index in [2.05, 4.69) is 0 Å². The lowest BCUT2D eigenvalue weighted by molar-refractivity contribution is 0.482. The molecule has 0 saturated heterocycles. The van der Waals surface area contributed by atoms with E-state index in [9.17, 15) is 12.8 Å². The highest BCUT2D eigenvalue weighted by molar-refractivity contribution is 7.86. The maximum absolute atomic E-state index is 12.4. The van der Waals surface area contributed by atoms with Crippen molar-refractivity contribution in [2.45, 2.75) is 4.90 Å². The minimum atomic E-state index is -4.42. The third kappa shape index (κ3) is 1.72. The molecule has 0 fully saturated rings. The van der Waals surface area contributed by atoms with E-state index < -0.39 is 20.8 Å². The van der Waals surface area contributed by atoms with Crippen LogP contribution < -0.4 is 5.73 Å². The van der Waals surface area contributed by atoms with Crippen LogP contribution in [-0.4, -0.2) is 13.0 Å². The zero-order chi connectivity index (χ0) is 9.35. The molecule has 1 aromatic carbocycles. The molecule has 6 heteroatoms. The second-order valence-electron chi connectivity index (χ2n) is 2.16. The quantitative estimate of drug-likeness (QED) is 0.504. The zero-order valence-corrected chi connectivity index (χ0v) is 6.68. The van der Waals surface area contributed by atoms with Crippen molar-refractivity contribution >= 4 is 15.8 Å². The fourth-order valence-electron chi connectivity index (χ4n) is 0.732. The maximum Gasteiger partial charge on any atom is 0.296 e. The molecule has 1 rings (SSSR count). The van der Waals surface area contributed by atoms with Gasteiger partial charge in [-0.2, -0.15) is 8.42 Å². The molecule has 0 atom stereocenters. The molecular weight excluding hydrogens is 185 g/mol. The number of hydrogen-bond acceptors (Lipinski definition) is 3. The van der Waals surface area contributed by atoms with E-state index in [1.807, 2.05) is 0 Å². The molecular formula is C6H6FNO3S. The minimum absolute atomic E-state index is 0.182. The molecule has 4 nitrogen and oxygen atoms in total. The van der Waals surface area contributed by atoms with Crippen LogP contribution in [0.3, 0.4) is 0 Å². The van der Waals surface area contributed by atoms with Crippen molar-refractivity contribution in [1.29, 1.82) is 0 Å². The second kappa shape index (κ2) is 2.72. The first-order valence-corrected chi connectivity index (χ1v) is 4.38. The monoisotopic (exact) mass is 191 g/mol.